The maximum Gasteiger partial charge on any atom is 0.0592 e. The van der Waals surface area contributed by atoms with Crippen LogP contribution < -0.4 is 5.73 Å². The van der Waals surface area contributed by atoms with Crippen molar-refractivity contribution in [2.45, 2.75) is 45.6 Å². The fraction of sp³-hybridized carbons (Fsp3) is 1.00. The van der Waals surface area contributed by atoms with Gasteiger partial charge in [0.15, 0.2) is 0 Å². The third kappa shape index (κ3) is 6.32. The van der Waals surface area contributed by atoms with Crippen molar-refractivity contribution >= 4 is 0 Å². The van der Waals surface area contributed by atoms with Crippen LogP contribution in [0.2, 0.25) is 0 Å². The zero-order valence-electron chi connectivity index (χ0n) is 7.81. The maximum atomic E-state index is 5.52. The van der Waals surface area contributed by atoms with Crippen LogP contribution in [0.1, 0.15) is 39.5 Å². The van der Waals surface area contributed by atoms with E-state index in [2.05, 4.69) is 13.8 Å². The lowest BCUT2D eigenvalue weighted by Crippen LogP contribution is -2.17. The highest BCUT2D eigenvalue weighted by molar-refractivity contribution is 4.54. The van der Waals surface area contributed by atoms with Crippen molar-refractivity contribution < 1.29 is 4.74 Å². The maximum absolute atomic E-state index is 5.52. The van der Waals surface area contributed by atoms with E-state index in [1.54, 1.807) is 0 Å². The lowest BCUT2D eigenvalue weighted by Gasteiger charge is -2.14. The smallest absolute Gasteiger partial charge is 0.0592 e. The van der Waals surface area contributed by atoms with Crippen molar-refractivity contribution in [1.82, 2.24) is 0 Å². The number of unbranched alkanes of at least 4 members (excludes halogenated alkanes) is 1. The van der Waals surface area contributed by atoms with Crippen LogP contribution in [-0.2, 0) is 4.74 Å². The van der Waals surface area contributed by atoms with Crippen LogP contribution >= 0.6 is 0 Å². The number of hydrogen-bond donors (Lipinski definition) is 1. The summed E-state index contributed by atoms with van der Waals surface area (Å²) in [6, 6.07) is 0. The summed E-state index contributed by atoms with van der Waals surface area (Å²) in [5.41, 5.74) is 5.34. The van der Waals surface area contributed by atoms with Crippen LogP contribution in [0.4, 0.5) is 0 Å². The zero-order valence-corrected chi connectivity index (χ0v) is 7.81. The van der Waals surface area contributed by atoms with Crippen molar-refractivity contribution in [2.24, 2.45) is 5.73 Å². The van der Waals surface area contributed by atoms with Gasteiger partial charge in [-0.3, -0.25) is 0 Å². The summed E-state index contributed by atoms with van der Waals surface area (Å²) < 4.78 is 5.52. The summed E-state index contributed by atoms with van der Waals surface area (Å²) in [6.45, 7) is 5.72. The standard InChI is InChI=1S/C9H21NO/c1-3-5-6-9(4-2)11-8-7-10/h9H,3-8,10H2,1-2H3. The molecule has 0 rings (SSSR count). The molecule has 2 N–H and O–H groups in total. The van der Waals surface area contributed by atoms with Crippen molar-refractivity contribution in [2.75, 3.05) is 13.2 Å². The van der Waals surface area contributed by atoms with Gasteiger partial charge in [-0.2, -0.15) is 0 Å². The van der Waals surface area contributed by atoms with Gasteiger partial charge in [0.1, 0.15) is 0 Å². The third-order valence-electron chi connectivity index (χ3n) is 1.81. The highest BCUT2D eigenvalue weighted by Gasteiger charge is 2.03. The predicted octanol–water partition coefficient (Wildman–Crippen LogP) is 1.93. The van der Waals surface area contributed by atoms with E-state index in [-0.39, 0.29) is 0 Å². The molecule has 0 saturated carbocycles. The fourth-order valence-corrected chi connectivity index (χ4v) is 1.07. The first-order valence-electron chi connectivity index (χ1n) is 4.66. The van der Waals surface area contributed by atoms with E-state index in [9.17, 15) is 0 Å². The van der Waals surface area contributed by atoms with Gasteiger partial charge in [-0.1, -0.05) is 26.7 Å². The molecule has 1 atom stereocenters. The minimum absolute atomic E-state index is 0.443. The second-order valence-electron chi connectivity index (χ2n) is 2.83. The first kappa shape index (κ1) is 10.9. The van der Waals surface area contributed by atoms with Gasteiger partial charge >= 0.3 is 0 Å². The average molecular weight is 159 g/mol. The van der Waals surface area contributed by atoms with E-state index in [1.165, 1.54) is 19.3 Å². The van der Waals surface area contributed by atoms with Crippen LogP contribution in [0.5, 0.6) is 0 Å². The number of rotatable bonds is 7. The minimum Gasteiger partial charge on any atom is -0.377 e. The monoisotopic (exact) mass is 159 g/mol. The Kier molecular flexibility index (Phi) is 7.96. The Morgan fingerprint density at radius 1 is 1.36 bits per heavy atom. The highest BCUT2D eigenvalue weighted by Crippen LogP contribution is 2.07. The SMILES string of the molecule is CCCCC(CC)OCCN. The lowest BCUT2D eigenvalue weighted by molar-refractivity contribution is 0.0488. The molecule has 0 aromatic carbocycles. The fourth-order valence-electron chi connectivity index (χ4n) is 1.07. The Labute approximate surface area is 70.1 Å². The molecule has 1 unspecified atom stereocenters. The van der Waals surface area contributed by atoms with E-state index >= 15 is 0 Å². The molecule has 0 fully saturated rings. The molecule has 0 bridgehead atoms. The van der Waals surface area contributed by atoms with Crippen molar-refractivity contribution in [1.29, 1.82) is 0 Å². The number of hydrogen-bond acceptors (Lipinski definition) is 2. The Hall–Kier alpha value is -0.0800. The van der Waals surface area contributed by atoms with Crippen LogP contribution in [0.3, 0.4) is 0 Å². The summed E-state index contributed by atoms with van der Waals surface area (Å²) in [4.78, 5) is 0. The largest absolute Gasteiger partial charge is 0.377 e. The molecule has 0 aliphatic carbocycles. The van der Waals surface area contributed by atoms with E-state index < -0.39 is 0 Å². The van der Waals surface area contributed by atoms with Gasteiger partial charge in [-0.25, -0.2) is 0 Å². The Bertz CT molecular complexity index is 68.0. The molecule has 0 aromatic rings. The molecular weight excluding hydrogens is 138 g/mol. The van der Waals surface area contributed by atoms with E-state index in [0.29, 0.717) is 19.3 Å². The quantitative estimate of drug-likeness (QED) is 0.616. The van der Waals surface area contributed by atoms with Gasteiger partial charge < -0.3 is 10.5 Å². The molecule has 0 aliphatic rings. The second-order valence-corrected chi connectivity index (χ2v) is 2.83. The highest BCUT2D eigenvalue weighted by atomic mass is 16.5. The molecule has 2 heteroatoms. The molecule has 0 radical (unpaired) electrons. The molecular formula is C9H21NO. The van der Waals surface area contributed by atoms with Gasteiger partial charge in [-0.05, 0) is 12.8 Å². The number of nitrogens with two attached hydrogens (primary N) is 1. The predicted molar refractivity (Wildman–Crippen MR) is 48.6 cm³/mol. The Morgan fingerprint density at radius 3 is 2.55 bits per heavy atom. The average Bonchev–Trinajstić information content (AvgIpc) is 2.05. The van der Waals surface area contributed by atoms with E-state index in [4.69, 9.17) is 10.5 Å². The lowest BCUT2D eigenvalue weighted by atomic mass is 10.1. The summed E-state index contributed by atoms with van der Waals surface area (Å²) >= 11 is 0. The van der Waals surface area contributed by atoms with Gasteiger partial charge in [0, 0.05) is 6.54 Å². The molecule has 0 spiro atoms. The first-order valence-corrected chi connectivity index (χ1v) is 4.66. The first-order chi connectivity index (χ1) is 5.35. The molecule has 68 valence electrons. The summed E-state index contributed by atoms with van der Waals surface area (Å²) in [5.74, 6) is 0. The Balaban J connectivity index is 3.25. The van der Waals surface area contributed by atoms with Crippen LogP contribution in [0.15, 0.2) is 0 Å². The van der Waals surface area contributed by atoms with Crippen LogP contribution in [0.25, 0.3) is 0 Å². The van der Waals surface area contributed by atoms with E-state index in [0.717, 1.165) is 6.42 Å². The third-order valence-corrected chi connectivity index (χ3v) is 1.81. The molecule has 0 aromatic heterocycles. The normalized spacial score (nSPS) is 13.4. The van der Waals surface area contributed by atoms with Gasteiger partial charge in [-0.15, -0.1) is 0 Å². The van der Waals surface area contributed by atoms with Gasteiger partial charge in [0.05, 0.1) is 12.7 Å². The topological polar surface area (TPSA) is 35.2 Å². The van der Waals surface area contributed by atoms with Gasteiger partial charge in [0.2, 0.25) is 0 Å². The zero-order chi connectivity index (χ0) is 8.53. The molecule has 2 nitrogen and oxygen atoms in total. The van der Waals surface area contributed by atoms with Gasteiger partial charge in [0.25, 0.3) is 0 Å². The molecule has 0 heterocycles. The van der Waals surface area contributed by atoms with Crippen LogP contribution in [-0.4, -0.2) is 19.3 Å². The number of ether oxygens (including phenoxy) is 1. The van der Waals surface area contributed by atoms with E-state index in [1.807, 2.05) is 0 Å². The molecule has 0 amide bonds. The second kappa shape index (κ2) is 8.02. The van der Waals surface area contributed by atoms with Crippen molar-refractivity contribution in [3.8, 4) is 0 Å². The molecule has 11 heavy (non-hydrogen) atoms. The van der Waals surface area contributed by atoms with Crippen molar-refractivity contribution in [3.63, 3.8) is 0 Å². The summed E-state index contributed by atoms with van der Waals surface area (Å²) in [5, 5.41) is 0. The summed E-state index contributed by atoms with van der Waals surface area (Å²) in [7, 11) is 0. The summed E-state index contributed by atoms with van der Waals surface area (Å²) in [6.07, 6.45) is 5.26. The van der Waals surface area contributed by atoms with Crippen molar-refractivity contribution in [3.05, 3.63) is 0 Å². The van der Waals surface area contributed by atoms with Crippen LogP contribution in [0, 0.1) is 0 Å². The Morgan fingerprint density at radius 2 is 2.09 bits per heavy atom. The minimum atomic E-state index is 0.443. The molecule has 0 saturated heterocycles. The molecule has 0 aliphatic heterocycles.